The van der Waals surface area contributed by atoms with E-state index in [-0.39, 0.29) is 41.6 Å². The summed E-state index contributed by atoms with van der Waals surface area (Å²) in [6.45, 7) is 4.74. The number of hydrogen-bond acceptors (Lipinski definition) is 18. The number of carbonyl (C=O) groups is 3. The van der Waals surface area contributed by atoms with Crippen LogP contribution in [0.1, 0.15) is 78.9 Å². The number of aliphatic hydroxyl groups excluding tert-OH is 2. The Morgan fingerprint density at radius 1 is 1.03 bits per heavy atom. The number of phosphoric acid groups is 3. The van der Waals surface area contributed by atoms with Crippen molar-refractivity contribution in [2.75, 3.05) is 37.8 Å². The van der Waals surface area contributed by atoms with E-state index in [4.69, 9.17) is 19.5 Å². The molecule has 1 saturated heterocycles. The van der Waals surface area contributed by atoms with E-state index in [2.05, 4.69) is 41.3 Å². The number of thioether (sulfide) groups is 1. The number of nitrogens with one attached hydrogen (secondary N) is 2. The molecule has 0 aromatic carbocycles. The molecule has 8 atom stereocenters. The second kappa shape index (κ2) is 22.6. The number of nitrogens with zero attached hydrogens (tertiary/aromatic N) is 4. The van der Waals surface area contributed by atoms with Crippen LogP contribution >= 0.6 is 35.2 Å². The van der Waals surface area contributed by atoms with Crippen LogP contribution in [-0.4, -0.2) is 123 Å². The van der Waals surface area contributed by atoms with Crippen molar-refractivity contribution < 1.29 is 80.5 Å². The highest BCUT2D eigenvalue weighted by atomic mass is 32.2. The fourth-order valence-electron chi connectivity index (χ4n) is 5.66. The summed E-state index contributed by atoms with van der Waals surface area (Å²) in [5.74, 6) is -0.748. The second-order valence-electron chi connectivity index (χ2n) is 14.4. The summed E-state index contributed by atoms with van der Waals surface area (Å²) in [6.07, 6.45) is -0.853. The molecular formula is C31H54N7O17P3S. The van der Waals surface area contributed by atoms with Crippen molar-refractivity contribution in [1.82, 2.24) is 30.2 Å². The number of fused-ring (bicyclic) bond motifs is 1. The zero-order valence-corrected chi connectivity index (χ0v) is 36.4. The molecule has 1 fully saturated rings. The maximum Gasteiger partial charge on any atom is 0.481 e. The van der Waals surface area contributed by atoms with Gasteiger partial charge in [0.05, 0.1) is 19.5 Å². The molecule has 0 aliphatic carbocycles. The zero-order valence-electron chi connectivity index (χ0n) is 32.9. The Kier molecular flexibility index (Phi) is 19.5. The van der Waals surface area contributed by atoms with Gasteiger partial charge in [0.1, 0.15) is 36.3 Å². The van der Waals surface area contributed by atoms with Gasteiger partial charge in [0.25, 0.3) is 0 Å². The van der Waals surface area contributed by atoms with Crippen molar-refractivity contribution in [3.05, 3.63) is 12.7 Å². The Hall–Kier alpha value is -2.44. The zero-order chi connectivity index (χ0) is 44.2. The molecule has 59 heavy (non-hydrogen) atoms. The van der Waals surface area contributed by atoms with Gasteiger partial charge in [-0.3, -0.25) is 32.5 Å². The molecule has 1 aliphatic heterocycles. The lowest BCUT2D eigenvalue weighted by molar-refractivity contribution is -0.137. The molecule has 0 radical (unpaired) electrons. The maximum atomic E-state index is 12.7. The number of aliphatic hydroxyl groups is 2. The van der Waals surface area contributed by atoms with Crippen molar-refractivity contribution in [2.24, 2.45) is 11.3 Å². The Morgan fingerprint density at radius 3 is 2.41 bits per heavy atom. The van der Waals surface area contributed by atoms with Crippen LogP contribution in [0.5, 0.6) is 0 Å². The van der Waals surface area contributed by atoms with Gasteiger partial charge in [-0.1, -0.05) is 71.6 Å². The molecule has 24 nitrogen and oxygen atoms in total. The molecule has 10 N–H and O–H groups in total. The number of nitrogen functional groups attached to an aromatic ring is 1. The highest BCUT2D eigenvalue weighted by Crippen LogP contribution is 2.61. The smallest absolute Gasteiger partial charge is 0.386 e. The topological polar surface area (TPSA) is 364 Å². The molecule has 0 spiro atoms. The molecule has 28 heteroatoms. The Labute approximate surface area is 344 Å². The number of imidazole rings is 1. The summed E-state index contributed by atoms with van der Waals surface area (Å²) in [7, 11) is -16.4. The summed E-state index contributed by atoms with van der Waals surface area (Å²) >= 11 is 1.14. The van der Waals surface area contributed by atoms with E-state index in [0.717, 1.165) is 54.7 Å². The van der Waals surface area contributed by atoms with Crippen molar-refractivity contribution >= 4 is 69.1 Å². The fraction of sp³-hybridized carbons (Fsp3) is 0.742. The first-order valence-electron chi connectivity index (χ1n) is 18.5. The van der Waals surface area contributed by atoms with E-state index in [1.54, 1.807) is 0 Å². The number of aromatic nitrogens is 4. The van der Waals surface area contributed by atoms with Crippen LogP contribution in [0.2, 0.25) is 0 Å². The lowest BCUT2D eigenvalue weighted by Gasteiger charge is -2.30. The number of amides is 2. The predicted octanol–water partition coefficient (Wildman–Crippen LogP) is 1.66. The molecule has 0 saturated carbocycles. The molecule has 2 aromatic rings. The van der Waals surface area contributed by atoms with Crippen LogP contribution in [0.25, 0.3) is 11.2 Å². The summed E-state index contributed by atoms with van der Waals surface area (Å²) < 4.78 is 62.2. The van der Waals surface area contributed by atoms with E-state index >= 15 is 0 Å². The van der Waals surface area contributed by atoms with Gasteiger partial charge < -0.3 is 50.9 Å². The van der Waals surface area contributed by atoms with E-state index in [0.29, 0.717) is 18.1 Å². The monoisotopic (exact) mass is 921 g/mol. The van der Waals surface area contributed by atoms with E-state index in [1.807, 2.05) is 6.92 Å². The minimum atomic E-state index is -5.57. The average molecular weight is 922 g/mol. The molecular weight excluding hydrogens is 867 g/mol. The van der Waals surface area contributed by atoms with Gasteiger partial charge in [0, 0.05) is 37.1 Å². The first-order chi connectivity index (χ1) is 27.4. The van der Waals surface area contributed by atoms with Gasteiger partial charge in [-0.25, -0.2) is 28.6 Å². The van der Waals surface area contributed by atoms with Crippen LogP contribution in [0.4, 0.5) is 5.82 Å². The van der Waals surface area contributed by atoms with E-state index < -0.39 is 84.6 Å². The lowest BCUT2D eigenvalue weighted by atomic mass is 9.87. The standard InChI is InChI=1S/C31H54N7O17P3S/c1-5-6-7-8-9-19(2)14-22(40)59-13-12-33-21(39)10-11-34-29(43)26(42)31(3,4)16-52-58(49,50)55-57(47,48)51-15-20-25(54-56(44,45)46)24(41)30(53-20)38-18-37-23-27(32)35-17-36-28(23)38/h17-20,24-26,30,41-42H,5-16H2,1-4H3,(H,33,39)(H,34,43)(H,47,48)(H,49,50)(H2,32,35,36)(H2,44,45,46). The summed E-state index contributed by atoms with van der Waals surface area (Å²) in [4.78, 5) is 88.0. The molecule has 0 bridgehead atoms. The molecule has 2 amide bonds. The van der Waals surface area contributed by atoms with Gasteiger partial charge >= 0.3 is 23.5 Å². The lowest BCUT2D eigenvalue weighted by Crippen LogP contribution is -2.46. The number of phosphoric ester groups is 3. The number of ether oxygens (including phenoxy) is 1. The van der Waals surface area contributed by atoms with Crippen LogP contribution in [0.3, 0.4) is 0 Å². The number of anilines is 1. The van der Waals surface area contributed by atoms with Crippen molar-refractivity contribution in [1.29, 1.82) is 0 Å². The van der Waals surface area contributed by atoms with Crippen LogP contribution in [0.15, 0.2) is 12.7 Å². The quantitative estimate of drug-likeness (QED) is 0.0478. The second-order valence-corrected chi connectivity index (χ2v) is 19.8. The third-order valence-corrected chi connectivity index (χ3v) is 12.8. The normalized spacial score (nSPS) is 21.7. The van der Waals surface area contributed by atoms with Crippen LogP contribution in [0, 0.1) is 11.3 Å². The van der Waals surface area contributed by atoms with Crippen molar-refractivity contribution in [3.63, 3.8) is 0 Å². The number of unbranched alkanes of at least 4 members (excludes halogenated alkanes) is 3. The molecule has 3 heterocycles. The molecule has 336 valence electrons. The van der Waals surface area contributed by atoms with E-state index in [9.17, 15) is 57.9 Å². The van der Waals surface area contributed by atoms with Gasteiger partial charge in [-0.2, -0.15) is 4.31 Å². The molecule has 2 aromatic heterocycles. The Balaban J connectivity index is 1.43. The SMILES string of the molecule is CCCCCCC(C)CC(=O)SCCNC(=O)CCNC(=O)C(O)C(C)(C)COP(=O)(O)OP(=O)(O)OCC1OC(n2cnc3c(N)ncnc32)C(O)C1OP(=O)(O)O. The van der Waals surface area contributed by atoms with Gasteiger partial charge in [-0.15, -0.1) is 0 Å². The van der Waals surface area contributed by atoms with Crippen LogP contribution < -0.4 is 16.4 Å². The molecule has 8 unspecified atom stereocenters. The number of carbonyl (C=O) groups excluding carboxylic acids is 3. The summed E-state index contributed by atoms with van der Waals surface area (Å²) in [5.41, 5.74) is 4.28. The first kappa shape index (κ1) is 50.9. The Bertz CT molecular complexity index is 1870. The van der Waals surface area contributed by atoms with Gasteiger partial charge in [0.15, 0.2) is 22.8 Å². The summed E-state index contributed by atoms with van der Waals surface area (Å²) in [6, 6.07) is 0. The third-order valence-electron chi connectivity index (χ3n) is 8.83. The van der Waals surface area contributed by atoms with Gasteiger partial charge in [0.2, 0.25) is 11.8 Å². The fourth-order valence-corrected chi connectivity index (χ4v) is 9.32. The highest BCUT2D eigenvalue weighted by Gasteiger charge is 2.50. The van der Waals surface area contributed by atoms with Crippen molar-refractivity contribution in [3.8, 4) is 0 Å². The molecule has 3 rings (SSSR count). The maximum absolute atomic E-state index is 12.7. The predicted molar refractivity (Wildman–Crippen MR) is 210 cm³/mol. The summed E-state index contributed by atoms with van der Waals surface area (Å²) in [5, 5.41) is 26.5. The largest absolute Gasteiger partial charge is 0.481 e. The van der Waals surface area contributed by atoms with E-state index in [1.165, 1.54) is 20.3 Å². The van der Waals surface area contributed by atoms with Crippen molar-refractivity contribution in [2.45, 2.75) is 103 Å². The third kappa shape index (κ3) is 16.7. The number of rotatable bonds is 26. The number of nitrogens with two attached hydrogens (primary N) is 1. The first-order valence-corrected chi connectivity index (χ1v) is 24.0. The van der Waals surface area contributed by atoms with Crippen LogP contribution in [-0.2, 0) is 50.7 Å². The number of hydrogen-bond donors (Lipinski definition) is 9. The molecule has 1 aliphatic rings. The average Bonchev–Trinajstić information content (AvgIpc) is 3.70. The minimum absolute atomic E-state index is 0.0325. The Morgan fingerprint density at radius 2 is 1.73 bits per heavy atom. The van der Waals surface area contributed by atoms with Gasteiger partial charge in [-0.05, 0) is 5.92 Å². The minimum Gasteiger partial charge on any atom is -0.386 e. The highest BCUT2D eigenvalue weighted by molar-refractivity contribution is 8.13.